The van der Waals surface area contributed by atoms with Crippen molar-refractivity contribution in [2.24, 2.45) is 0 Å². The zero-order valence-electron chi connectivity index (χ0n) is 7.42. The van der Waals surface area contributed by atoms with Crippen molar-refractivity contribution in [3.8, 4) is 11.5 Å². The Morgan fingerprint density at radius 1 is 1.54 bits per heavy atom. The zero-order chi connectivity index (χ0) is 9.26. The van der Waals surface area contributed by atoms with E-state index in [1.54, 1.807) is 12.1 Å². The summed E-state index contributed by atoms with van der Waals surface area (Å²) in [7, 11) is 0. The average molecular weight is 176 g/mol. The number of ether oxygens (including phenoxy) is 1. The molecule has 0 spiro atoms. The number of fused-ring (bicyclic) bond motifs is 1. The molecule has 0 saturated carbocycles. The highest BCUT2D eigenvalue weighted by atomic mass is 16.5. The third kappa shape index (κ3) is 1.28. The van der Waals surface area contributed by atoms with E-state index in [1.807, 2.05) is 6.07 Å². The highest BCUT2D eigenvalue weighted by Crippen LogP contribution is 2.34. The number of aromatic hydroxyl groups is 1. The Labute approximate surface area is 77.5 Å². The van der Waals surface area contributed by atoms with Crippen molar-refractivity contribution in [1.82, 2.24) is 0 Å². The van der Waals surface area contributed by atoms with Gasteiger partial charge in [0.05, 0.1) is 6.61 Å². The second kappa shape index (κ2) is 3.13. The molecule has 0 bridgehead atoms. The molecule has 2 heteroatoms. The standard InChI is InChI=1S/C11H12O2/c1-2-3-8-9-6-7-13-11(9)5-4-10(8)12/h2,4-5,12H,1,3,6-7H2. The number of phenolic OH excluding ortho intramolecular Hbond substituents is 1. The van der Waals surface area contributed by atoms with Crippen LogP contribution in [0.5, 0.6) is 11.5 Å². The van der Waals surface area contributed by atoms with Crippen LogP contribution in [0.3, 0.4) is 0 Å². The van der Waals surface area contributed by atoms with E-state index in [9.17, 15) is 5.11 Å². The summed E-state index contributed by atoms with van der Waals surface area (Å²) < 4.78 is 5.40. The van der Waals surface area contributed by atoms with Crippen molar-refractivity contribution >= 4 is 0 Å². The lowest BCUT2D eigenvalue weighted by atomic mass is 10.0. The average Bonchev–Trinajstić information content (AvgIpc) is 2.58. The van der Waals surface area contributed by atoms with Gasteiger partial charge in [0.1, 0.15) is 11.5 Å². The predicted molar refractivity (Wildman–Crippen MR) is 51.2 cm³/mol. The van der Waals surface area contributed by atoms with Crippen LogP contribution >= 0.6 is 0 Å². The van der Waals surface area contributed by atoms with Crippen molar-refractivity contribution < 1.29 is 9.84 Å². The maximum Gasteiger partial charge on any atom is 0.123 e. The molecule has 0 fully saturated rings. The van der Waals surface area contributed by atoms with Gasteiger partial charge in [0.25, 0.3) is 0 Å². The summed E-state index contributed by atoms with van der Waals surface area (Å²) in [6.45, 7) is 4.40. The lowest BCUT2D eigenvalue weighted by Crippen LogP contribution is -1.90. The van der Waals surface area contributed by atoms with Crippen LogP contribution in [0.1, 0.15) is 11.1 Å². The van der Waals surface area contributed by atoms with E-state index in [1.165, 1.54) is 0 Å². The van der Waals surface area contributed by atoms with Gasteiger partial charge in [-0.3, -0.25) is 0 Å². The van der Waals surface area contributed by atoms with Crippen LogP contribution in [0.4, 0.5) is 0 Å². The van der Waals surface area contributed by atoms with E-state index in [4.69, 9.17) is 4.74 Å². The van der Waals surface area contributed by atoms with Gasteiger partial charge in [0, 0.05) is 17.5 Å². The Kier molecular flexibility index (Phi) is 1.97. The normalized spacial score (nSPS) is 13.5. The molecule has 1 aromatic rings. The number of hydrogen-bond acceptors (Lipinski definition) is 2. The molecule has 0 unspecified atom stereocenters. The number of hydrogen-bond donors (Lipinski definition) is 1. The fraction of sp³-hybridized carbons (Fsp3) is 0.273. The molecule has 13 heavy (non-hydrogen) atoms. The van der Waals surface area contributed by atoms with Gasteiger partial charge in [-0.1, -0.05) is 6.08 Å². The van der Waals surface area contributed by atoms with E-state index in [2.05, 4.69) is 6.58 Å². The molecule has 0 aromatic heterocycles. The van der Waals surface area contributed by atoms with Crippen molar-refractivity contribution in [2.45, 2.75) is 12.8 Å². The highest BCUT2D eigenvalue weighted by molar-refractivity contribution is 5.50. The fourth-order valence-electron chi connectivity index (χ4n) is 1.70. The van der Waals surface area contributed by atoms with Crippen LogP contribution in [0, 0.1) is 0 Å². The molecule has 0 saturated heterocycles. The monoisotopic (exact) mass is 176 g/mol. The quantitative estimate of drug-likeness (QED) is 0.699. The summed E-state index contributed by atoms with van der Waals surface area (Å²) in [5, 5.41) is 9.60. The van der Waals surface area contributed by atoms with Crippen LogP contribution in [0.15, 0.2) is 24.8 Å². The van der Waals surface area contributed by atoms with E-state index in [-0.39, 0.29) is 0 Å². The first-order valence-electron chi connectivity index (χ1n) is 4.40. The maximum atomic E-state index is 9.60. The lowest BCUT2D eigenvalue weighted by Gasteiger charge is -2.06. The Morgan fingerprint density at radius 3 is 3.15 bits per heavy atom. The molecule has 0 aliphatic carbocycles. The van der Waals surface area contributed by atoms with Gasteiger partial charge >= 0.3 is 0 Å². The second-order valence-corrected chi connectivity index (χ2v) is 3.13. The van der Waals surface area contributed by atoms with Gasteiger partial charge < -0.3 is 9.84 Å². The summed E-state index contributed by atoms with van der Waals surface area (Å²) in [6, 6.07) is 3.51. The molecule has 68 valence electrons. The minimum Gasteiger partial charge on any atom is -0.508 e. The maximum absolute atomic E-state index is 9.60. The summed E-state index contributed by atoms with van der Waals surface area (Å²) in [5.74, 6) is 1.26. The Balaban J connectivity index is 2.51. The van der Waals surface area contributed by atoms with Crippen molar-refractivity contribution in [2.75, 3.05) is 6.61 Å². The molecule has 2 nitrogen and oxygen atoms in total. The van der Waals surface area contributed by atoms with E-state index >= 15 is 0 Å². The van der Waals surface area contributed by atoms with Gasteiger partial charge in [-0.05, 0) is 18.6 Å². The number of allylic oxidation sites excluding steroid dienone is 1. The summed E-state index contributed by atoms with van der Waals surface area (Å²) in [6.07, 6.45) is 3.40. The second-order valence-electron chi connectivity index (χ2n) is 3.13. The van der Waals surface area contributed by atoms with Crippen LogP contribution in [0.25, 0.3) is 0 Å². The van der Waals surface area contributed by atoms with Gasteiger partial charge in [-0.2, -0.15) is 0 Å². The molecule has 2 rings (SSSR count). The molecule has 1 aromatic carbocycles. The Morgan fingerprint density at radius 2 is 2.38 bits per heavy atom. The largest absolute Gasteiger partial charge is 0.508 e. The van der Waals surface area contributed by atoms with Crippen molar-refractivity contribution in [3.63, 3.8) is 0 Å². The number of phenols is 1. The minimum absolute atomic E-state index is 0.351. The van der Waals surface area contributed by atoms with Crippen LogP contribution in [-0.2, 0) is 12.8 Å². The van der Waals surface area contributed by atoms with E-state index in [0.29, 0.717) is 12.2 Å². The molecule has 0 radical (unpaired) electrons. The van der Waals surface area contributed by atoms with Crippen LogP contribution in [-0.4, -0.2) is 11.7 Å². The summed E-state index contributed by atoms with van der Waals surface area (Å²) >= 11 is 0. The molecule has 0 amide bonds. The molecule has 0 atom stereocenters. The summed E-state index contributed by atoms with van der Waals surface area (Å²) in [5.41, 5.74) is 2.10. The van der Waals surface area contributed by atoms with Gasteiger partial charge in [0.15, 0.2) is 0 Å². The Hall–Kier alpha value is -1.44. The van der Waals surface area contributed by atoms with E-state index < -0.39 is 0 Å². The van der Waals surface area contributed by atoms with Crippen LogP contribution in [0.2, 0.25) is 0 Å². The van der Waals surface area contributed by atoms with Crippen LogP contribution < -0.4 is 4.74 Å². The highest BCUT2D eigenvalue weighted by Gasteiger charge is 2.17. The van der Waals surface area contributed by atoms with E-state index in [0.717, 1.165) is 29.9 Å². The molecule has 1 aliphatic heterocycles. The number of rotatable bonds is 2. The third-order valence-corrected chi connectivity index (χ3v) is 2.32. The summed E-state index contributed by atoms with van der Waals surface area (Å²) in [4.78, 5) is 0. The smallest absolute Gasteiger partial charge is 0.123 e. The first kappa shape index (κ1) is 8.17. The van der Waals surface area contributed by atoms with Gasteiger partial charge in [0.2, 0.25) is 0 Å². The predicted octanol–water partition coefficient (Wildman–Crippen LogP) is 2.06. The first-order valence-corrected chi connectivity index (χ1v) is 4.40. The molecule has 1 heterocycles. The first-order chi connectivity index (χ1) is 6.33. The van der Waals surface area contributed by atoms with Crippen molar-refractivity contribution in [1.29, 1.82) is 0 Å². The fourth-order valence-corrected chi connectivity index (χ4v) is 1.70. The molecule has 1 N–H and O–H groups in total. The third-order valence-electron chi connectivity index (χ3n) is 2.32. The van der Waals surface area contributed by atoms with Gasteiger partial charge in [-0.15, -0.1) is 6.58 Å². The topological polar surface area (TPSA) is 29.5 Å². The van der Waals surface area contributed by atoms with Crippen molar-refractivity contribution in [3.05, 3.63) is 35.9 Å². The zero-order valence-corrected chi connectivity index (χ0v) is 7.42. The molecular formula is C11H12O2. The number of benzene rings is 1. The SMILES string of the molecule is C=CCc1c(O)ccc2c1CCO2. The minimum atomic E-state index is 0.351. The lowest BCUT2D eigenvalue weighted by molar-refractivity contribution is 0.356. The Bertz CT molecular complexity index is 342. The molecule has 1 aliphatic rings. The molecular weight excluding hydrogens is 164 g/mol. The van der Waals surface area contributed by atoms with Gasteiger partial charge in [-0.25, -0.2) is 0 Å².